The molecule has 4 rings (SSSR count). The summed E-state index contributed by atoms with van der Waals surface area (Å²) < 4.78 is 7.73. The summed E-state index contributed by atoms with van der Waals surface area (Å²) in [6, 6.07) is 23.1. The van der Waals surface area contributed by atoms with E-state index in [2.05, 4.69) is 17.1 Å². The van der Waals surface area contributed by atoms with Crippen molar-refractivity contribution < 1.29 is 4.42 Å². The van der Waals surface area contributed by atoms with Gasteiger partial charge in [-0.05, 0) is 48.2 Å². The lowest BCUT2D eigenvalue weighted by Crippen LogP contribution is -1.80. The van der Waals surface area contributed by atoms with Crippen molar-refractivity contribution in [3.05, 3.63) is 76.9 Å². The summed E-state index contributed by atoms with van der Waals surface area (Å²) in [5, 5.41) is 18.7. The molecule has 0 saturated carbocycles. The van der Waals surface area contributed by atoms with Gasteiger partial charge in [-0.3, -0.25) is 0 Å². The molecule has 0 fully saturated rings. The summed E-state index contributed by atoms with van der Waals surface area (Å²) in [4.78, 5) is 5.03. The van der Waals surface area contributed by atoms with E-state index >= 15 is 0 Å². The van der Waals surface area contributed by atoms with Gasteiger partial charge in [-0.25, -0.2) is 4.98 Å². The predicted octanol–water partition coefficient (Wildman–Crippen LogP) is 6.08. The number of thiazole rings is 1. The summed E-state index contributed by atoms with van der Waals surface area (Å²) in [5.41, 5.74) is 2.21. The van der Waals surface area contributed by atoms with Crippen molar-refractivity contribution in [2.24, 2.45) is 0 Å². The van der Waals surface area contributed by atoms with Gasteiger partial charge in [-0.15, -0.1) is 11.3 Å². The summed E-state index contributed by atoms with van der Waals surface area (Å²) >= 11 is 2.87. The van der Waals surface area contributed by atoms with Gasteiger partial charge >= 0.3 is 0 Å². The number of aromatic nitrogens is 1. The minimum atomic E-state index is 0.489. The molecular weight excluding hydrogens is 374 g/mol. The zero-order chi connectivity index (χ0) is 18.6. The van der Waals surface area contributed by atoms with Crippen molar-refractivity contribution in [3.63, 3.8) is 0 Å². The first-order valence-electron chi connectivity index (χ1n) is 8.01. The van der Waals surface area contributed by atoms with Crippen LogP contribution in [-0.2, 0) is 0 Å². The van der Waals surface area contributed by atoms with Crippen molar-refractivity contribution in [1.29, 1.82) is 10.5 Å². The van der Waals surface area contributed by atoms with Crippen molar-refractivity contribution in [2.75, 3.05) is 0 Å². The molecule has 0 aliphatic carbocycles. The van der Waals surface area contributed by atoms with Crippen molar-refractivity contribution in [1.82, 2.24) is 4.98 Å². The van der Waals surface area contributed by atoms with E-state index in [1.807, 2.05) is 42.5 Å². The minimum Gasteiger partial charge on any atom is -0.457 e. The SMILES string of the molecule is N#C/C(=C\c1ccc(-c2ccccc2C#N)o1)Sc1nc2ccccc2s1. The fourth-order valence-corrected chi connectivity index (χ4v) is 4.53. The second kappa shape index (κ2) is 7.51. The number of rotatable bonds is 4. The molecule has 0 radical (unpaired) electrons. The molecule has 0 bridgehead atoms. The average molecular weight is 385 g/mol. The van der Waals surface area contributed by atoms with E-state index in [0.717, 1.165) is 20.1 Å². The molecule has 2 aromatic heterocycles. The van der Waals surface area contributed by atoms with E-state index in [4.69, 9.17) is 4.42 Å². The van der Waals surface area contributed by atoms with Crippen LogP contribution >= 0.6 is 23.1 Å². The number of furan rings is 1. The lowest BCUT2D eigenvalue weighted by Gasteiger charge is -1.99. The van der Waals surface area contributed by atoms with Crippen LogP contribution < -0.4 is 0 Å². The van der Waals surface area contributed by atoms with Gasteiger partial charge < -0.3 is 4.42 Å². The Morgan fingerprint density at radius 1 is 1.04 bits per heavy atom. The van der Waals surface area contributed by atoms with Crippen molar-refractivity contribution >= 4 is 39.4 Å². The molecule has 4 nitrogen and oxygen atoms in total. The van der Waals surface area contributed by atoms with Crippen LogP contribution in [0.15, 0.2) is 74.3 Å². The highest BCUT2D eigenvalue weighted by molar-refractivity contribution is 8.05. The van der Waals surface area contributed by atoms with Crippen LogP contribution in [0.3, 0.4) is 0 Å². The highest BCUT2D eigenvalue weighted by Crippen LogP contribution is 2.35. The third-order valence-electron chi connectivity index (χ3n) is 3.79. The molecule has 0 aliphatic heterocycles. The summed E-state index contributed by atoms with van der Waals surface area (Å²) in [6.45, 7) is 0. The smallest absolute Gasteiger partial charge is 0.156 e. The third-order valence-corrected chi connectivity index (χ3v) is 5.82. The maximum atomic E-state index is 9.48. The number of nitrogens with zero attached hydrogens (tertiary/aromatic N) is 3. The molecule has 4 aromatic rings. The van der Waals surface area contributed by atoms with Gasteiger partial charge in [0, 0.05) is 11.6 Å². The average Bonchev–Trinajstić information content (AvgIpc) is 3.33. The number of hydrogen-bond acceptors (Lipinski definition) is 6. The van der Waals surface area contributed by atoms with Gasteiger partial charge in [0.25, 0.3) is 0 Å². The number of nitriles is 2. The Balaban J connectivity index is 1.61. The van der Waals surface area contributed by atoms with Crippen LogP contribution in [0.1, 0.15) is 11.3 Å². The van der Waals surface area contributed by atoms with Crippen LogP contribution in [-0.4, -0.2) is 4.98 Å². The van der Waals surface area contributed by atoms with E-state index in [0.29, 0.717) is 22.0 Å². The third kappa shape index (κ3) is 3.63. The number of allylic oxidation sites excluding steroid dienone is 1. The summed E-state index contributed by atoms with van der Waals surface area (Å²) in [7, 11) is 0. The van der Waals surface area contributed by atoms with Crippen molar-refractivity contribution in [2.45, 2.75) is 4.34 Å². The molecule has 0 atom stereocenters. The number of fused-ring (bicyclic) bond motifs is 1. The quantitative estimate of drug-likeness (QED) is 0.314. The van der Waals surface area contributed by atoms with E-state index in [9.17, 15) is 10.5 Å². The Kier molecular flexibility index (Phi) is 4.76. The summed E-state index contributed by atoms with van der Waals surface area (Å²) in [6.07, 6.45) is 1.69. The fraction of sp³-hybridized carbons (Fsp3) is 0. The number of benzene rings is 2. The molecule has 6 heteroatoms. The Hall–Kier alpha value is -3.32. The number of hydrogen-bond donors (Lipinski definition) is 0. The number of thioether (sulfide) groups is 1. The monoisotopic (exact) mass is 385 g/mol. The maximum absolute atomic E-state index is 9.48. The van der Waals surface area contributed by atoms with Gasteiger partial charge in [0.05, 0.1) is 26.8 Å². The Morgan fingerprint density at radius 2 is 1.85 bits per heavy atom. The second-order valence-electron chi connectivity index (χ2n) is 5.53. The Bertz CT molecular complexity index is 1210. The lowest BCUT2D eigenvalue weighted by molar-refractivity contribution is 0.571. The van der Waals surface area contributed by atoms with E-state index in [1.54, 1.807) is 35.6 Å². The van der Waals surface area contributed by atoms with Crippen LogP contribution in [0.4, 0.5) is 0 Å². The zero-order valence-corrected chi connectivity index (χ0v) is 15.6. The Labute approximate surface area is 164 Å². The van der Waals surface area contributed by atoms with Crippen LogP contribution in [0, 0.1) is 22.7 Å². The van der Waals surface area contributed by atoms with Gasteiger partial charge in [0.1, 0.15) is 17.6 Å². The van der Waals surface area contributed by atoms with Gasteiger partial charge in [-0.2, -0.15) is 10.5 Å². The molecule has 0 amide bonds. The van der Waals surface area contributed by atoms with Crippen LogP contribution in [0.2, 0.25) is 0 Å². The molecule has 0 unspecified atom stereocenters. The van der Waals surface area contributed by atoms with Crippen molar-refractivity contribution in [3.8, 4) is 23.5 Å². The molecule has 2 aromatic carbocycles. The van der Waals surface area contributed by atoms with Gasteiger partial charge in [0.15, 0.2) is 4.34 Å². The highest BCUT2D eigenvalue weighted by Gasteiger charge is 2.11. The highest BCUT2D eigenvalue weighted by atomic mass is 32.2. The fourth-order valence-electron chi connectivity index (χ4n) is 2.57. The number of para-hydroxylation sites is 1. The molecule has 0 saturated heterocycles. The molecule has 128 valence electrons. The summed E-state index contributed by atoms with van der Waals surface area (Å²) in [5.74, 6) is 1.16. The topological polar surface area (TPSA) is 73.6 Å². The normalized spacial score (nSPS) is 11.3. The van der Waals surface area contributed by atoms with Crippen LogP contribution in [0.5, 0.6) is 0 Å². The molecule has 2 heterocycles. The van der Waals surface area contributed by atoms with Gasteiger partial charge in [0.2, 0.25) is 0 Å². The van der Waals surface area contributed by atoms with Crippen LogP contribution in [0.25, 0.3) is 27.6 Å². The van der Waals surface area contributed by atoms with E-state index in [-0.39, 0.29) is 0 Å². The molecular formula is C21H11N3OS2. The molecule has 27 heavy (non-hydrogen) atoms. The molecule has 0 aliphatic rings. The van der Waals surface area contributed by atoms with Gasteiger partial charge in [-0.1, -0.05) is 24.3 Å². The standard InChI is InChI=1S/C21H11N3OS2/c22-12-14-5-1-2-6-17(14)19-10-9-15(25-19)11-16(13-23)26-21-24-18-7-3-4-8-20(18)27-21/h1-11H/b16-11+. The predicted molar refractivity (Wildman–Crippen MR) is 108 cm³/mol. The zero-order valence-electron chi connectivity index (χ0n) is 13.9. The molecule has 0 N–H and O–H groups in total. The first kappa shape index (κ1) is 17.1. The molecule has 0 spiro atoms. The maximum Gasteiger partial charge on any atom is 0.156 e. The second-order valence-corrected chi connectivity index (χ2v) is 7.85. The Morgan fingerprint density at radius 3 is 2.67 bits per heavy atom. The largest absolute Gasteiger partial charge is 0.457 e. The first-order chi connectivity index (χ1) is 13.3. The van der Waals surface area contributed by atoms with E-state index < -0.39 is 0 Å². The lowest BCUT2D eigenvalue weighted by atomic mass is 10.1. The minimum absolute atomic E-state index is 0.489. The van der Waals surface area contributed by atoms with E-state index in [1.165, 1.54) is 11.8 Å². The first-order valence-corrected chi connectivity index (χ1v) is 9.64.